The molecule has 150 valence electrons. The molecule has 1 aliphatic rings. The maximum atomic E-state index is 12.3. The van der Waals surface area contributed by atoms with Gasteiger partial charge in [-0.05, 0) is 56.2 Å². The Kier molecular flexibility index (Phi) is 5.72. The molecule has 1 heterocycles. The molecule has 2 aromatic rings. The first-order valence-corrected chi connectivity index (χ1v) is 9.54. The molecule has 28 heavy (non-hydrogen) atoms. The van der Waals surface area contributed by atoms with Crippen molar-refractivity contribution in [2.45, 2.75) is 58.6 Å². The number of rotatable bonds is 7. The lowest BCUT2D eigenvalue weighted by Gasteiger charge is -2.20. The Bertz CT molecular complexity index is 961. The lowest BCUT2D eigenvalue weighted by atomic mass is 10.0. The van der Waals surface area contributed by atoms with Gasteiger partial charge >= 0.3 is 11.6 Å². The van der Waals surface area contributed by atoms with E-state index in [1.54, 1.807) is 19.1 Å². The molecule has 2 N–H and O–H groups in total. The summed E-state index contributed by atoms with van der Waals surface area (Å²) in [6, 6.07) is 4.20. The van der Waals surface area contributed by atoms with E-state index in [9.17, 15) is 19.5 Å². The molecule has 1 aromatic heterocycles. The van der Waals surface area contributed by atoms with Crippen LogP contribution in [0, 0.1) is 5.92 Å². The molecule has 0 fully saturated rings. The van der Waals surface area contributed by atoms with E-state index in [0.29, 0.717) is 17.8 Å². The van der Waals surface area contributed by atoms with Gasteiger partial charge in [-0.25, -0.2) is 9.59 Å². The van der Waals surface area contributed by atoms with Crippen molar-refractivity contribution in [1.82, 2.24) is 5.32 Å². The van der Waals surface area contributed by atoms with Gasteiger partial charge in [0.2, 0.25) is 0 Å². The van der Waals surface area contributed by atoms with Gasteiger partial charge in [-0.15, -0.1) is 0 Å². The van der Waals surface area contributed by atoms with E-state index in [0.717, 1.165) is 35.8 Å². The largest absolute Gasteiger partial charge is 0.481 e. The minimum atomic E-state index is -1.07. The summed E-state index contributed by atoms with van der Waals surface area (Å²) in [6.45, 7) is 5.33. The number of amides is 1. The molecule has 1 unspecified atom stereocenters. The number of hydrogen-bond acceptors (Lipinski definition) is 5. The van der Waals surface area contributed by atoms with Crippen molar-refractivity contribution in [3.63, 3.8) is 0 Å². The van der Waals surface area contributed by atoms with Gasteiger partial charge in [0.25, 0.3) is 5.91 Å². The molecule has 0 saturated carbocycles. The molecular formula is C21H25NO6. The van der Waals surface area contributed by atoms with Crippen molar-refractivity contribution in [2.24, 2.45) is 5.92 Å². The van der Waals surface area contributed by atoms with Gasteiger partial charge in [-0.3, -0.25) is 4.79 Å². The maximum Gasteiger partial charge on any atom is 0.339 e. The number of aliphatic carboxylic acids is 1. The van der Waals surface area contributed by atoms with Gasteiger partial charge in [0.05, 0.1) is 0 Å². The SMILES string of the molecule is CC(C)C[C@@H](NC(=O)C(C)Oc1ccc2c3c(c(=O)oc2c1)CCC3)C(=O)O. The van der Waals surface area contributed by atoms with Crippen LogP contribution in [0.5, 0.6) is 5.75 Å². The molecule has 0 radical (unpaired) electrons. The van der Waals surface area contributed by atoms with Gasteiger partial charge in [0.1, 0.15) is 17.4 Å². The van der Waals surface area contributed by atoms with E-state index in [2.05, 4.69) is 5.32 Å². The normalized spacial score (nSPS) is 15.3. The number of fused-ring (bicyclic) bond motifs is 3. The fourth-order valence-electron chi connectivity index (χ4n) is 3.58. The van der Waals surface area contributed by atoms with Crippen LogP contribution in [0.3, 0.4) is 0 Å². The second-order valence-corrected chi connectivity index (χ2v) is 7.65. The van der Waals surface area contributed by atoms with Crippen LogP contribution in [0.2, 0.25) is 0 Å². The number of hydrogen-bond donors (Lipinski definition) is 2. The van der Waals surface area contributed by atoms with Gasteiger partial charge in [-0.2, -0.15) is 0 Å². The highest BCUT2D eigenvalue weighted by Gasteiger charge is 2.25. The molecule has 0 spiro atoms. The van der Waals surface area contributed by atoms with Gasteiger partial charge in [-0.1, -0.05) is 13.8 Å². The number of benzene rings is 1. The molecule has 3 rings (SSSR count). The molecule has 7 nitrogen and oxygen atoms in total. The highest BCUT2D eigenvalue weighted by atomic mass is 16.5. The first kappa shape index (κ1) is 19.9. The van der Waals surface area contributed by atoms with Crippen molar-refractivity contribution < 1.29 is 23.8 Å². The maximum absolute atomic E-state index is 12.3. The zero-order valence-electron chi connectivity index (χ0n) is 16.3. The third kappa shape index (κ3) is 4.18. The third-order valence-electron chi connectivity index (χ3n) is 4.95. The summed E-state index contributed by atoms with van der Waals surface area (Å²) < 4.78 is 11.1. The van der Waals surface area contributed by atoms with E-state index in [4.69, 9.17) is 9.15 Å². The average molecular weight is 387 g/mol. The van der Waals surface area contributed by atoms with Gasteiger partial charge in [0.15, 0.2) is 6.10 Å². The van der Waals surface area contributed by atoms with Crippen LogP contribution in [0.25, 0.3) is 11.0 Å². The first-order chi connectivity index (χ1) is 13.3. The zero-order chi connectivity index (χ0) is 20.4. The molecular weight excluding hydrogens is 362 g/mol. The predicted octanol–water partition coefficient (Wildman–Crippen LogP) is 2.66. The van der Waals surface area contributed by atoms with Crippen LogP contribution in [0.15, 0.2) is 27.4 Å². The molecule has 2 atom stereocenters. The van der Waals surface area contributed by atoms with Crippen molar-refractivity contribution >= 4 is 22.8 Å². The molecule has 0 saturated heterocycles. The van der Waals surface area contributed by atoms with Crippen LogP contribution < -0.4 is 15.7 Å². The predicted molar refractivity (Wildman–Crippen MR) is 104 cm³/mol. The fourth-order valence-corrected chi connectivity index (χ4v) is 3.58. The molecule has 1 amide bonds. The summed E-state index contributed by atoms with van der Waals surface area (Å²) >= 11 is 0. The van der Waals surface area contributed by atoms with Crippen LogP contribution in [-0.4, -0.2) is 29.1 Å². The summed E-state index contributed by atoms with van der Waals surface area (Å²) in [5.41, 5.74) is 1.89. The quantitative estimate of drug-likeness (QED) is 0.708. The molecule has 0 aliphatic heterocycles. The topological polar surface area (TPSA) is 106 Å². The third-order valence-corrected chi connectivity index (χ3v) is 4.95. The molecule has 1 aromatic carbocycles. The van der Waals surface area contributed by atoms with Crippen LogP contribution in [-0.2, 0) is 22.4 Å². The summed E-state index contributed by atoms with van der Waals surface area (Å²) in [7, 11) is 0. The number of carbonyl (C=O) groups is 2. The number of carbonyl (C=O) groups excluding carboxylic acids is 1. The first-order valence-electron chi connectivity index (χ1n) is 9.54. The van der Waals surface area contributed by atoms with Gasteiger partial charge in [0, 0.05) is 17.0 Å². The minimum absolute atomic E-state index is 0.128. The smallest absolute Gasteiger partial charge is 0.339 e. The summed E-state index contributed by atoms with van der Waals surface area (Å²) in [5, 5.41) is 12.7. The lowest BCUT2D eigenvalue weighted by Crippen LogP contribution is -2.46. The standard InChI is InChI=1S/C21H25NO6/c1-11(2)9-17(20(24)25)22-19(23)12(3)27-13-7-8-15-14-5-4-6-16(14)21(26)28-18(15)10-13/h7-8,10-12,17H,4-6,9H2,1-3H3,(H,22,23)(H,24,25)/t12?,17-/m1/s1. The summed E-state index contributed by atoms with van der Waals surface area (Å²) in [6.07, 6.45) is 1.97. The highest BCUT2D eigenvalue weighted by molar-refractivity contribution is 5.87. The number of carboxylic acid groups (broad SMARTS) is 1. The monoisotopic (exact) mass is 387 g/mol. The van der Waals surface area contributed by atoms with Crippen LogP contribution in [0.4, 0.5) is 0 Å². The Morgan fingerprint density at radius 2 is 1.93 bits per heavy atom. The Morgan fingerprint density at radius 1 is 1.21 bits per heavy atom. The van der Waals surface area contributed by atoms with Crippen LogP contribution >= 0.6 is 0 Å². The Morgan fingerprint density at radius 3 is 2.61 bits per heavy atom. The summed E-state index contributed by atoms with van der Waals surface area (Å²) in [4.78, 5) is 35.8. The van der Waals surface area contributed by atoms with Gasteiger partial charge < -0.3 is 19.6 Å². The summed E-state index contributed by atoms with van der Waals surface area (Å²) in [5.74, 6) is -1.08. The molecule has 7 heteroatoms. The second kappa shape index (κ2) is 8.04. The fraction of sp³-hybridized carbons (Fsp3) is 0.476. The van der Waals surface area contributed by atoms with E-state index in [1.165, 1.54) is 0 Å². The molecule has 1 aliphatic carbocycles. The van der Waals surface area contributed by atoms with Crippen molar-refractivity contribution in [1.29, 1.82) is 0 Å². The van der Waals surface area contributed by atoms with E-state index in [1.807, 2.05) is 19.9 Å². The van der Waals surface area contributed by atoms with E-state index >= 15 is 0 Å². The van der Waals surface area contributed by atoms with E-state index in [-0.39, 0.29) is 11.5 Å². The number of aryl methyl sites for hydroxylation is 1. The van der Waals surface area contributed by atoms with Crippen molar-refractivity contribution in [3.05, 3.63) is 39.7 Å². The minimum Gasteiger partial charge on any atom is -0.481 e. The Hall–Kier alpha value is -2.83. The number of nitrogens with one attached hydrogen (secondary N) is 1. The second-order valence-electron chi connectivity index (χ2n) is 7.65. The molecule has 0 bridgehead atoms. The number of ether oxygens (including phenoxy) is 1. The average Bonchev–Trinajstić information content (AvgIpc) is 3.11. The highest BCUT2D eigenvalue weighted by Crippen LogP contribution is 2.29. The zero-order valence-corrected chi connectivity index (χ0v) is 16.3. The number of carboxylic acids is 1. The Labute approximate surface area is 162 Å². The van der Waals surface area contributed by atoms with Crippen molar-refractivity contribution in [3.8, 4) is 5.75 Å². The van der Waals surface area contributed by atoms with Crippen molar-refractivity contribution in [2.75, 3.05) is 0 Å². The van der Waals surface area contributed by atoms with E-state index < -0.39 is 24.0 Å². The Balaban J connectivity index is 1.75. The van der Waals surface area contributed by atoms with Crippen LogP contribution in [0.1, 0.15) is 44.7 Å². The lowest BCUT2D eigenvalue weighted by molar-refractivity contribution is -0.143.